The van der Waals surface area contributed by atoms with E-state index in [1.807, 2.05) is 6.92 Å². The molecule has 112 valence electrons. The maximum atomic E-state index is 11.5. The minimum atomic E-state index is -0.378. The van der Waals surface area contributed by atoms with Gasteiger partial charge in [-0.3, -0.25) is 15.1 Å². The van der Waals surface area contributed by atoms with Crippen LogP contribution in [0.1, 0.15) is 55.0 Å². The quantitative estimate of drug-likeness (QED) is 0.503. The number of carbonyl (C=O) groups is 1. The van der Waals surface area contributed by atoms with Crippen LogP contribution in [-0.4, -0.2) is 23.9 Å². The van der Waals surface area contributed by atoms with Crippen molar-refractivity contribution in [2.24, 2.45) is 11.3 Å². The molecule has 1 fully saturated rings. The molecule has 2 rings (SSSR count). The molecule has 5 heteroatoms. The van der Waals surface area contributed by atoms with Gasteiger partial charge in [0, 0.05) is 12.1 Å². The zero-order chi connectivity index (χ0) is 14.8. The second kappa shape index (κ2) is 5.97. The zero-order valence-corrected chi connectivity index (χ0v) is 12.7. The molecule has 0 bridgehead atoms. The highest BCUT2D eigenvalue weighted by atomic mass is 16.4. The molecule has 0 unspecified atom stereocenters. The summed E-state index contributed by atoms with van der Waals surface area (Å²) < 4.78 is 5.45. The summed E-state index contributed by atoms with van der Waals surface area (Å²) in [4.78, 5) is 13.9. The van der Waals surface area contributed by atoms with Crippen LogP contribution in [0.3, 0.4) is 0 Å². The van der Waals surface area contributed by atoms with Gasteiger partial charge in [-0.2, -0.15) is 0 Å². The summed E-state index contributed by atoms with van der Waals surface area (Å²) in [6.07, 6.45) is 3.71. The van der Waals surface area contributed by atoms with Gasteiger partial charge in [-0.15, -0.1) is 0 Å². The van der Waals surface area contributed by atoms with Gasteiger partial charge in [0.1, 0.15) is 5.76 Å². The smallest absolute Gasteiger partial charge is 0.300 e. The van der Waals surface area contributed by atoms with Crippen LogP contribution in [0.25, 0.3) is 0 Å². The Bertz CT molecular complexity index is 473. The van der Waals surface area contributed by atoms with Crippen molar-refractivity contribution >= 4 is 5.91 Å². The van der Waals surface area contributed by atoms with Crippen LogP contribution in [0.2, 0.25) is 0 Å². The van der Waals surface area contributed by atoms with E-state index < -0.39 is 0 Å². The Kier molecular flexibility index (Phi) is 4.50. The molecular formula is C15H25N3O2. The fourth-order valence-corrected chi connectivity index (χ4v) is 2.71. The molecular weight excluding hydrogens is 254 g/mol. The van der Waals surface area contributed by atoms with E-state index in [1.165, 1.54) is 19.3 Å². The first kappa shape index (κ1) is 15.1. The normalized spacial score (nSPS) is 19.0. The minimum absolute atomic E-state index is 0.287. The molecule has 1 aliphatic heterocycles. The van der Waals surface area contributed by atoms with Gasteiger partial charge < -0.3 is 4.42 Å². The van der Waals surface area contributed by atoms with E-state index in [1.54, 1.807) is 6.07 Å². The monoisotopic (exact) mass is 279 g/mol. The van der Waals surface area contributed by atoms with E-state index in [4.69, 9.17) is 10.3 Å². The lowest BCUT2D eigenvalue weighted by atomic mass is 9.78. The molecule has 1 amide bonds. The highest BCUT2D eigenvalue weighted by Gasteiger charge is 2.28. The van der Waals surface area contributed by atoms with E-state index in [0.717, 1.165) is 31.0 Å². The summed E-state index contributed by atoms with van der Waals surface area (Å²) in [6, 6.07) is 1.80. The standard InChI is InChI=1S/C15H25N3O2/c1-4-15(3)5-7-18(8-6-15)10-12-9-13(14(19)17-16)20-11(12)2/h9H,4-8,10,16H2,1-3H3,(H,17,19). The summed E-state index contributed by atoms with van der Waals surface area (Å²) in [7, 11) is 0. The second-order valence-electron chi connectivity index (χ2n) is 6.11. The van der Waals surface area contributed by atoms with Gasteiger partial charge >= 0.3 is 5.91 Å². The number of amides is 1. The Balaban J connectivity index is 1.98. The number of nitrogens with one attached hydrogen (secondary N) is 1. The van der Waals surface area contributed by atoms with Gasteiger partial charge in [0.25, 0.3) is 0 Å². The summed E-state index contributed by atoms with van der Waals surface area (Å²) in [5.41, 5.74) is 3.66. The molecule has 5 nitrogen and oxygen atoms in total. The minimum Gasteiger partial charge on any atom is -0.456 e. The Morgan fingerprint density at radius 2 is 2.15 bits per heavy atom. The molecule has 0 spiro atoms. The largest absolute Gasteiger partial charge is 0.456 e. The molecule has 3 N–H and O–H groups in total. The Morgan fingerprint density at radius 3 is 2.70 bits per heavy atom. The van der Waals surface area contributed by atoms with Gasteiger partial charge in [0.2, 0.25) is 0 Å². The number of nitrogens with zero attached hydrogens (tertiary/aromatic N) is 1. The van der Waals surface area contributed by atoms with E-state index >= 15 is 0 Å². The maximum Gasteiger partial charge on any atom is 0.300 e. The average molecular weight is 279 g/mol. The summed E-state index contributed by atoms with van der Waals surface area (Å²) in [5, 5.41) is 0. The van der Waals surface area contributed by atoms with Crippen LogP contribution in [0.15, 0.2) is 10.5 Å². The summed E-state index contributed by atoms with van der Waals surface area (Å²) >= 11 is 0. The number of carbonyl (C=O) groups excluding carboxylic acids is 1. The predicted molar refractivity (Wildman–Crippen MR) is 78.0 cm³/mol. The van der Waals surface area contributed by atoms with Crippen LogP contribution < -0.4 is 11.3 Å². The number of nitrogen functional groups attached to an aromatic ring is 1. The zero-order valence-electron chi connectivity index (χ0n) is 12.7. The number of aryl methyl sites for hydroxylation is 1. The SMILES string of the molecule is CCC1(C)CCN(Cc2cc(C(=O)NN)oc2C)CC1. The number of hydrazine groups is 1. The highest BCUT2D eigenvalue weighted by molar-refractivity contribution is 5.91. The van der Waals surface area contributed by atoms with Crippen molar-refractivity contribution in [3.63, 3.8) is 0 Å². The lowest BCUT2D eigenvalue weighted by molar-refractivity contribution is 0.0924. The van der Waals surface area contributed by atoms with Gasteiger partial charge in [-0.1, -0.05) is 20.3 Å². The van der Waals surface area contributed by atoms with Gasteiger partial charge in [0.15, 0.2) is 5.76 Å². The third-order valence-electron chi connectivity index (χ3n) is 4.69. The maximum absolute atomic E-state index is 11.5. The predicted octanol–water partition coefficient (Wildman–Crippen LogP) is 2.20. The van der Waals surface area contributed by atoms with Crippen molar-refractivity contribution in [2.45, 2.75) is 46.6 Å². The number of likely N-dealkylation sites (tertiary alicyclic amines) is 1. The number of furan rings is 1. The van der Waals surface area contributed by atoms with Crippen LogP contribution in [0, 0.1) is 12.3 Å². The molecule has 0 aliphatic carbocycles. The van der Waals surface area contributed by atoms with Crippen LogP contribution >= 0.6 is 0 Å². The van der Waals surface area contributed by atoms with Gasteiger partial charge in [-0.25, -0.2) is 5.84 Å². The molecule has 1 saturated heterocycles. The molecule has 0 aromatic carbocycles. The van der Waals surface area contributed by atoms with Crippen molar-refractivity contribution in [1.29, 1.82) is 0 Å². The third kappa shape index (κ3) is 3.22. The number of hydrogen-bond donors (Lipinski definition) is 2. The van der Waals surface area contributed by atoms with Crippen molar-refractivity contribution in [3.8, 4) is 0 Å². The van der Waals surface area contributed by atoms with Crippen molar-refractivity contribution < 1.29 is 9.21 Å². The van der Waals surface area contributed by atoms with Crippen LogP contribution in [-0.2, 0) is 6.54 Å². The number of rotatable bonds is 4. The number of nitrogens with two attached hydrogens (primary N) is 1. The first-order chi connectivity index (χ1) is 9.47. The van der Waals surface area contributed by atoms with E-state index in [0.29, 0.717) is 5.41 Å². The molecule has 2 heterocycles. The van der Waals surface area contributed by atoms with Crippen molar-refractivity contribution in [1.82, 2.24) is 10.3 Å². The third-order valence-corrected chi connectivity index (χ3v) is 4.69. The Morgan fingerprint density at radius 1 is 1.50 bits per heavy atom. The molecule has 0 radical (unpaired) electrons. The van der Waals surface area contributed by atoms with Gasteiger partial charge in [0.05, 0.1) is 0 Å². The molecule has 20 heavy (non-hydrogen) atoms. The van der Waals surface area contributed by atoms with Crippen LogP contribution in [0.5, 0.6) is 0 Å². The lowest BCUT2D eigenvalue weighted by Crippen LogP contribution is -2.37. The number of piperidine rings is 1. The summed E-state index contributed by atoms with van der Waals surface area (Å²) in [6.45, 7) is 9.58. The van der Waals surface area contributed by atoms with E-state index in [-0.39, 0.29) is 11.7 Å². The Hall–Kier alpha value is -1.33. The van der Waals surface area contributed by atoms with E-state index in [9.17, 15) is 4.79 Å². The van der Waals surface area contributed by atoms with E-state index in [2.05, 4.69) is 24.2 Å². The summed E-state index contributed by atoms with van der Waals surface area (Å²) in [5.74, 6) is 5.83. The fourth-order valence-electron chi connectivity index (χ4n) is 2.71. The molecule has 1 aromatic heterocycles. The number of hydrogen-bond acceptors (Lipinski definition) is 4. The first-order valence-electron chi connectivity index (χ1n) is 7.30. The Labute approximate surface area is 120 Å². The van der Waals surface area contributed by atoms with Crippen molar-refractivity contribution in [2.75, 3.05) is 13.1 Å². The first-order valence-corrected chi connectivity index (χ1v) is 7.30. The lowest BCUT2D eigenvalue weighted by Gasteiger charge is -2.38. The molecule has 1 aliphatic rings. The highest BCUT2D eigenvalue weighted by Crippen LogP contribution is 2.34. The molecule has 0 atom stereocenters. The van der Waals surface area contributed by atoms with Crippen molar-refractivity contribution in [3.05, 3.63) is 23.2 Å². The fraction of sp³-hybridized carbons (Fsp3) is 0.667. The van der Waals surface area contributed by atoms with Gasteiger partial charge in [-0.05, 0) is 44.3 Å². The average Bonchev–Trinajstić information content (AvgIpc) is 2.82. The molecule has 1 aromatic rings. The molecule has 0 saturated carbocycles. The second-order valence-corrected chi connectivity index (χ2v) is 6.11. The topological polar surface area (TPSA) is 71.5 Å². The van der Waals surface area contributed by atoms with Crippen LogP contribution in [0.4, 0.5) is 0 Å².